The quantitative estimate of drug-likeness (QED) is 0.665. The first-order chi connectivity index (χ1) is 14.0. The van der Waals surface area contributed by atoms with Crippen molar-refractivity contribution in [1.82, 2.24) is 4.57 Å². The molecule has 1 aliphatic carbocycles. The second kappa shape index (κ2) is 7.99. The van der Waals surface area contributed by atoms with E-state index in [1.807, 2.05) is 29.7 Å². The summed E-state index contributed by atoms with van der Waals surface area (Å²) in [5.74, 6) is 1.62. The molecule has 0 radical (unpaired) electrons. The van der Waals surface area contributed by atoms with Gasteiger partial charge in [-0.2, -0.15) is 0 Å². The van der Waals surface area contributed by atoms with Crippen molar-refractivity contribution in [3.8, 4) is 11.5 Å². The molecular weight excluding hydrogens is 368 g/mol. The normalized spacial score (nSPS) is 13.3. The number of carbonyl (C=O) groups excluding carboxylic acids is 1. The minimum absolute atomic E-state index is 0.0105. The highest BCUT2D eigenvalue weighted by molar-refractivity contribution is 5.92. The van der Waals surface area contributed by atoms with Crippen molar-refractivity contribution < 1.29 is 14.3 Å². The largest absolute Gasteiger partial charge is 0.497 e. The van der Waals surface area contributed by atoms with Gasteiger partial charge in [0.2, 0.25) is 0 Å². The van der Waals surface area contributed by atoms with Gasteiger partial charge in [-0.25, -0.2) is 0 Å². The van der Waals surface area contributed by atoms with Gasteiger partial charge in [-0.15, -0.1) is 0 Å². The molecule has 4 rings (SSSR count). The Morgan fingerprint density at radius 3 is 2.52 bits per heavy atom. The van der Waals surface area contributed by atoms with Crippen LogP contribution in [0, 0.1) is 12.8 Å². The van der Waals surface area contributed by atoms with E-state index >= 15 is 0 Å². The van der Waals surface area contributed by atoms with Gasteiger partial charge in [-0.1, -0.05) is 0 Å². The van der Waals surface area contributed by atoms with Gasteiger partial charge in [0.25, 0.3) is 11.5 Å². The molecule has 29 heavy (non-hydrogen) atoms. The molecule has 0 atom stereocenters. The van der Waals surface area contributed by atoms with E-state index in [-0.39, 0.29) is 18.1 Å². The molecule has 1 N–H and O–H groups in total. The van der Waals surface area contributed by atoms with Crippen LogP contribution in [-0.4, -0.2) is 24.2 Å². The maximum absolute atomic E-state index is 12.5. The Morgan fingerprint density at radius 1 is 1.10 bits per heavy atom. The number of hydrogen-bond donors (Lipinski definition) is 1. The molecule has 2 aromatic carbocycles. The van der Waals surface area contributed by atoms with Crippen LogP contribution in [0.1, 0.15) is 18.4 Å². The molecule has 0 saturated heterocycles. The third-order valence-electron chi connectivity index (χ3n) is 5.17. The summed E-state index contributed by atoms with van der Waals surface area (Å²) in [5, 5.41) is 3.82. The van der Waals surface area contributed by atoms with Crippen molar-refractivity contribution in [3.63, 3.8) is 0 Å². The van der Waals surface area contributed by atoms with Crippen LogP contribution in [-0.2, 0) is 11.3 Å². The molecule has 1 amide bonds. The summed E-state index contributed by atoms with van der Waals surface area (Å²) in [6.07, 6.45) is 2.34. The molecule has 1 fully saturated rings. The predicted molar refractivity (Wildman–Crippen MR) is 113 cm³/mol. The molecule has 6 heteroatoms. The van der Waals surface area contributed by atoms with Gasteiger partial charge >= 0.3 is 0 Å². The number of aromatic nitrogens is 1. The molecule has 3 aromatic rings. The molecule has 0 unspecified atom stereocenters. The molecular formula is C23H24N2O4. The number of anilines is 1. The van der Waals surface area contributed by atoms with Crippen molar-refractivity contribution in [3.05, 3.63) is 64.4 Å². The van der Waals surface area contributed by atoms with Gasteiger partial charge in [-0.05, 0) is 67.6 Å². The van der Waals surface area contributed by atoms with Crippen LogP contribution in [0.2, 0.25) is 0 Å². The van der Waals surface area contributed by atoms with Crippen LogP contribution < -0.4 is 20.3 Å². The van der Waals surface area contributed by atoms with E-state index in [1.54, 1.807) is 37.4 Å². The van der Waals surface area contributed by atoms with E-state index in [2.05, 4.69) is 5.32 Å². The average molecular weight is 392 g/mol. The number of ether oxygens (including phenoxy) is 2. The zero-order valence-corrected chi connectivity index (χ0v) is 16.6. The van der Waals surface area contributed by atoms with E-state index < -0.39 is 0 Å². The summed E-state index contributed by atoms with van der Waals surface area (Å²) in [7, 11) is 1.59. The molecule has 0 bridgehead atoms. The third kappa shape index (κ3) is 4.42. The van der Waals surface area contributed by atoms with Crippen LogP contribution in [0.25, 0.3) is 10.9 Å². The van der Waals surface area contributed by atoms with Crippen LogP contribution in [0.3, 0.4) is 0 Å². The van der Waals surface area contributed by atoms with Crippen molar-refractivity contribution in [1.29, 1.82) is 0 Å². The minimum atomic E-state index is -0.255. The SMILES string of the molecule is COc1ccc(NC(=O)COc2ccc3c(C)cc(=O)n(CC4CC4)c3c2)cc1. The van der Waals surface area contributed by atoms with Gasteiger partial charge in [0, 0.05) is 29.8 Å². The maximum Gasteiger partial charge on any atom is 0.262 e. The molecule has 1 heterocycles. The third-order valence-corrected chi connectivity index (χ3v) is 5.17. The first-order valence-corrected chi connectivity index (χ1v) is 9.74. The highest BCUT2D eigenvalue weighted by Crippen LogP contribution is 2.32. The molecule has 1 aromatic heterocycles. The number of amides is 1. The lowest BCUT2D eigenvalue weighted by molar-refractivity contribution is -0.118. The average Bonchev–Trinajstić information content (AvgIpc) is 3.54. The number of aryl methyl sites for hydroxylation is 1. The van der Waals surface area contributed by atoms with E-state index in [4.69, 9.17) is 9.47 Å². The topological polar surface area (TPSA) is 69.6 Å². The molecule has 0 aliphatic heterocycles. The fraction of sp³-hybridized carbons (Fsp3) is 0.304. The number of fused-ring (bicyclic) bond motifs is 1. The molecule has 1 saturated carbocycles. The van der Waals surface area contributed by atoms with Crippen molar-refractivity contribution >= 4 is 22.5 Å². The fourth-order valence-corrected chi connectivity index (χ4v) is 3.38. The van der Waals surface area contributed by atoms with Crippen LogP contribution in [0.4, 0.5) is 5.69 Å². The number of nitrogens with zero attached hydrogens (tertiary/aromatic N) is 1. The summed E-state index contributed by atoms with van der Waals surface area (Å²) in [6, 6.07) is 14.4. The highest BCUT2D eigenvalue weighted by atomic mass is 16.5. The van der Waals surface area contributed by atoms with Crippen LogP contribution in [0.15, 0.2) is 53.3 Å². The van der Waals surface area contributed by atoms with Crippen molar-refractivity contribution in [2.24, 2.45) is 5.92 Å². The van der Waals surface area contributed by atoms with E-state index in [9.17, 15) is 9.59 Å². The van der Waals surface area contributed by atoms with E-state index in [0.29, 0.717) is 17.4 Å². The summed E-state index contributed by atoms with van der Waals surface area (Å²) >= 11 is 0. The predicted octanol–water partition coefficient (Wildman–Crippen LogP) is 3.75. The summed E-state index contributed by atoms with van der Waals surface area (Å²) in [4.78, 5) is 24.7. The summed E-state index contributed by atoms with van der Waals surface area (Å²) < 4.78 is 12.6. The Bertz CT molecular complexity index is 1100. The standard InChI is InChI=1S/C23H24N2O4/c1-15-11-23(27)25(13-16-3-4-16)21-12-19(9-10-20(15)21)29-14-22(26)24-17-5-7-18(28-2)8-6-17/h5-12,16H,3-4,13-14H2,1-2H3,(H,24,26). The lowest BCUT2D eigenvalue weighted by atomic mass is 10.1. The molecule has 0 spiro atoms. The fourth-order valence-electron chi connectivity index (χ4n) is 3.38. The van der Waals surface area contributed by atoms with Crippen LogP contribution >= 0.6 is 0 Å². The summed E-state index contributed by atoms with van der Waals surface area (Å²) in [6.45, 7) is 2.56. The Kier molecular flexibility index (Phi) is 5.25. The van der Waals surface area contributed by atoms with Crippen molar-refractivity contribution in [2.45, 2.75) is 26.3 Å². The first-order valence-electron chi connectivity index (χ1n) is 9.74. The number of pyridine rings is 1. The number of benzene rings is 2. The van der Waals surface area contributed by atoms with Gasteiger partial charge in [0.15, 0.2) is 6.61 Å². The smallest absolute Gasteiger partial charge is 0.262 e. The number of rotatable bonds is 7. The number of methoxy groups -OCH3 is 1. The lowest BCUT2D eigenvalue weighted by Crippen LogP contribution is -2.22. The van der Waals surface area contributed by atoms with Crippen LogP contribution in [0.5, 0.6) is 11.5 Å². The van der Waals surface area contributed by atoms with Gasteiger partial charge in [-0.3, -0.25) is 9.59 Å². The van der Waals surface area contributed by atoms with Gasteiger partial charge in [0.05, 0.1) is 12.6 Å². The Labute approximate surface area is 169 Å². The Balaban J connectivity index is 1.48. The number of hydrogen-bond acceptors (Lipinski definition) is 4. The minimum Gasteiger partial charge on any atom is -0.497 e. The number of nitrogens with one attached hydrogen (secondary N) is 1. The lowest BCUT2D eigenvalue weighted by Gasteiger charge is -2.14. The second-order valence-electron chi connectivity index (χ2n) is 7.46. The van der Waals surface area contributed by atoms with E-state index in [0.717, 1.165) is 28.8 Å². The van der Waals surface area contributed by atoms with E-state index in [1.165, 1.54) is 12.8 Å². The first kappa shape index (κ1) is 19.1. The van der Waals surface area contributed by atoms with Gasteiger partial charge < -0.3 is 19.4 Å². The molecule has 150 valence electrons. The Morgan fingerprint density at radius 2 is 1.83 bits per heavy atom. The van der Waals surface area contributed by atoms with Gasteiger partial charge in [0.1, 0.15) is 11.5 Å². The Hall–Kier alpha value is -3.28. The maximum atomic E-state index is 12.5. The zero-order valence-electron chi connectivity index (χ0n) is 16.6. The monoisotopic (exact) mass is 392 g/mol. The molecule has 6 nitrogen and oxygen atoms in total. The second-order valence-corrected chi connectivity index (χ2v) is 7.46. The summed E-state index contributed by atoms with van der Waals surface area (Å²) in [5.41, 5.74) is 2.49. The zero-order chi connectivity index (χ0) is 20.4. The number of carbonyl (C=O) groups is 1. The highest BCUT2D eigenvalue weighted by Gasteiger charge is 2.23. The molecule has 1 aliphatic rings. The van der Waals surface area contributed by atoms with Crippen molar-refractivity contribution in [2.75, 3.05) is 19.0 Å².